The predicted octanol–water partition coefficient (Wildman–Crippen LogP) is 2.27. The molecule has 0 bridgehead atoms. The summed E-state index contributed by atoms with van der Waals surface area (Å²) in [5, 5.41) is 8.66. The average molecular weight is 183 g/mol. The Balaban J connectivity index is 2.47. The van der Waals surface area contributed by atoms with Gasteiger partial charge in [0.15, 0.2) is 0 Å². The Morgan fingerprint density at radius 2 is 1.92 bits per heavy atom. The monoisotopic (exact) mass is 183 g/mol. The Kier molecular flexibility index (Phi) is 4.43. The zero-order valence-corrected chi connectivity index (χ0v) is 8.79. The minimum Gasteiger partial charge on any atom is -0.396 e. The summed E-state index contributed by atoms with van der Waals surface area (Å²) in [6.07, 6.45) is 4.74. The maximum atomic E-state index is 8.66. The van der Waals surface area contributed by atoms with E-state index in [1.165, 1.54) is 25.0 Å². The standard InChI is InChI=1S/C11H21NO/c1-9-5-3-6-10(2)11(9)12-7-4-8-13/h9-10,13H,3-8H2,1-2H3. The van der Waals surface area contributed by atoms with Crippen molar-refractivity contribution >= 4 is 5.71 Å². The van der Waals surface area contributed by atoms with E-state index in [4.69, 9.17) is 5.11 Å². The molecule has 0 heterocycles. The third-order valence-corrected chi connectivity index (χ3v) is 2.89. The highest BCUT2D eigenvalue weighted by atomic mass is 16.3. The fourth-order valence-electron chi connectivity index (χ4n) is 2.10. The first-order valence-corrected chi connectivity index (χ1v) is 5.40. The number of hydrogen-bond donors (Lipinski definition) is 1. The van der Waals surface area contributed by atoms with Crippen molar-refractivity contribution in [3.05, 3.63) is 0 Å². The Hall–Kier alpha value is -0.370. The Morgan fingerprint density at radius 3 is 2.46 bits per heavy atom. The molecule has 0 aromatic carbocycles. The number of aliphatic imine (C=N–C) groups is 1. The van der Waals surface area contributed by atoms with Gasteiger partial charge < -0.3 is 5.11 Å². The van der Waals surface area contributed by atoms with Crippen molar-refractivity contribution in [1.29, 1.82) is 0 Å². The van der Waals surface area contributed by atoms with Gasteiger partial charge in [0.25, 0.3) is 0 Å². The lowest BCUT2D eigenvalue weighted by atomic mass is 9.81. The van der Waals surface area contributed by atoms with Gasteiger partial charge in [-0.2, -0.15) is 0 Å². The first kappa shape index (κ1) is 10.7. The molecule has 1 rings (SSSR count). The van der Waals surface area contributed by atoms with E-state index in [2.05, 4.69) is 18.8 Å². The van der Waals surface area contributed by atoms with E-state index < -0.39 is 0 Å². The first-order valence-electron chi connectivity index (χ1n) is 5.40. The summed E-state index contributed by atoms with van der Waals surface area (Å²) in [5.74, 6) is 1.34. The highest BCUT2D eigenvalue weighted by Crippen LogP contribution is 2.26. The van der Waals surface area contributed by atoms with Crippen molar-refractivity contribution in [1.82, 2.24) is 0 Å². The summed E-state index contributed by atoms with van der Waals surface area (Å²) in [7, 11) is 0. The molecular weight excluding hydrogens is 162 g/mol. The molecule has 2 atom stereocenters. The van der Waals surface area contributed by atoms with Gasteiger partial charge in [0.2, 0.25) is 0 Å². The zero-order valence-electron chi connectivity index (χ0n) is 8.79. The second-order valence-corrected chi connectivity index (χ2v) is 4.12. The van der Waals surface area contributed by atoms with Gasteiger partial charge in [0.1, 0.15) is 0 Å². The number of nitrogens with zero attached hydrogens (tertiary/aromatic N) is 1. The van der Waals surface area contributed by atoms with Crippen LogP contribution in [-0.4, -0.2) is 24.0 Å². The van der Waals surface area contributed by atoms with Gasteiger partial charge in [-0.15, -0.1) is 0 Å². The number of aliphatic hydroxyl groups is 1. The van der Waals surface area contributed by atoms with Crippen LogP contribution in [0.5, 0.6) is 0 Å². The zero-order chi connectivity index (χ0) is 9.68. The molecule has 1 N–H and O–H groups in total. The van der Waals surface area contributed by atoms with Gasteiger partial charge in [0, 0.05) is 18.9 Å². The molecule has 13 heavy (non-hydrogen) atoms. The molecule has 0 aliphatic heterocycles. The van der Waals surface area contributed by atoms with Crippen molar-refractivity contribution in [3.63, 3.8) is 0 Å². The molecule has 2 nitrogen and oxygen atoms in total. The molecule has 2 heteroatoms. The molecule has 76 valence electrons. The molecule has 1 aliphatic carbocycles. The van der Waals surface area contributed by atoms with Crippen LogP contribution in [0.2, 0.25) is 0 Å². The van der Waals surface area contributed by atoms with Gasteiger partial charge in [-0.25, -0.2) is 0 Å². The Bertz CT molecular complexity index is 165. The molecule has 1 fully saturated rings. The van der Waals surface area contributed by atoms with Crippen LogP contribution in [0.1, 0.15) is 39.5 Å². The van der Waals surface area contributed by atoms with E-state index in [1.807, 2.05) is 0 Å². The molecule has 0 spiro atoms. The smallest absolute Gasteiger partial charge is 0.0448 e. The average Bonchev–Trinajstić information content (AvgIpc) is 2.10. The van der Waals surface area contributed by atoms with Crippen molar-refractivity contribution in [2.75, 3.05) is 13.2 Å². The van der Waals surface area contributed by atoms with Gasteiger partial charge in [-0.3, -0.25) is 4.99 Å². The first-order chi connectivity index (χ1) is 6.25. The van der Waals surface area contributed by atoms with Gasteiger partial charge >= 0.3 is 0 Å². The lowest BCUT2D eigenvalue weighted by Gasteiger charge is -2.26. The molecule has 1 aliphatic rings. The maximum absolute atomic E-state index is 8.66. The van der Waals surface area contributed by atoms with Crippen LogP contribution in [0, 0.1) is 11.8 Å². The molecule has 0 aromatic heterocycles. The summed E-state index contributed by atoms with van der Waals surface area (Å²) < 4.78 is 0. The number of aliphatic hydroxyl groups excluding tert-OH is 1. The van der Waals surface area contributed by atoms with Gasteiger partial charge in [-0.1, -0.05) is 20.3 Å². The van der Waals surface area contributed by atoms with E-state index in [-0.39, 0.29) is 6.61 Å². The highest BCUT2D eigenvalue weighted by Gasteiger charge is 2.21. The van der Waals surface area contributed by atoms with E-state index >= 15 is 0 Å². The summed E-state index contributed by atoms with van der Waals surface area (Å²) in [6.45, 7) is 5.61. The maximum Gasteiger partial charge on any atom is 0.0448 e. The summed E-state index contributed by atoms with van der Waals surface area (Å²) in [6, 6.07) is 0. The van der Waals surface area contributed by atoms with E-state index in [9.17, 15) is 0 Å². The molecule has 0 amide bonds. The molecular formula is C11H21NO. The highest BCUT2D eigenvalue weighted by molar-refractivity contribution is 5.89. The SMILES string of the molecule is CC1CCCC(C)C1=NCCCO. The normalized spacial score (nSPS) is 29.0. The van der Waals surface area contributed by atoms with Crippen LogP contribution in [0.4, 0.5) is 0 Å². The van der Waals surface area contributed by atoms with Crippen LogP contribution in [-0.2, 0) is 0 Å². The lowest BCUT2D eigenvalue weighted by Crippen LogP contribution is -2.25. The van der Waals surface area contributed by atoms with Crippen LogP contribution >= 0.6 is 0 Å². The fraction of sp³-hybridized carbons (Fsp3) is 0.909. The van der Waals surface area contributed by atoms with Crippen LogP contribution in [0.15, 0.2) is 4.99 Å². The van der Waals surface area contributed by atoms with Crippen molar-refractivity contribution in [2.24, 2.45) is 16.8 Å². The van der Waals surface area contributed by atoms with Gasteiger partial charge in [-0.05, 0) is 31.1 Å². The van der Waals surface area contributed by atoms with Crippen molar-refractivity contribution in [3.8, 4) is 0 Å². The lowest BCUT2D eigenvalue weighted by molar-refractivity contribution is 0.291. The minimum atomic E-state index is 0.263. The van der Waals surface area contributed by atoms with E-state index in [1.54, 1.807) is 0 Å². The quantitative estimate of drug-likeness (QED) is 0.669. The van der Waals surface area contributed by atoms with E-state index in [0.29, 0.717) is 11.8 Å². The van der Waals surface area contributed by atoms with E-state index in [0.717, 1.165) is 13.0 Å². The second kappa shape index (κ2) is 5.38. The second-order valence-electron chi connectivity index (χ2n) is 4.12. The summed E-state index contributed by atoms with van der Waals surface area (Å²) in [4.78, 5) is 4.59. The molecule has 0 radical (unpaired) electrons. The van der Waals surface area contributed by atoms with Crippen LogP contribution < -0.4 is 0 Å². The van der Waals surface area contributed by atoms with Crippen molar-refractivity contribution < 1.29 is 5.11 Å². The predicted molar refractivity (Wildman–Crippen MR) is 56.2 cm³/mol. The van der Waals surface area contributed by atoms with Crippen LogP contribution in [0.3, 0.4) is 0 Å². The summed E-state index contributed by atoms with van der Waals surface area (Å²) in [5.41, 5.74) is 1.39. The Morgan fingerprint density at radius 1 is 1.31 bits per heavy atom. The largest absolute Gasteiger partial charge is 0.396 e. The molecule has 1 saturated carbocycles. The molecule has 2 unspecified atom stereocenters. The molecule has 0 saturated heterocycles. The molecule has 0 aromatic rings. The minimum absolute atomic E-state index is 0.263. The number of hydrogen-bond acceptors (Lipinski definition) is 2. The number of rotatable bonds is 3. The van der Waals surface area contributed by atoms with Crippen LogP contribution in [0.25, 0.3) is 0 Å². The third-order valence-electron chi connectivity index (χ3n) is 2.89. The van der Waals surface area contributed by atoms with Crippen molar-refractivity contribution in [2.45, 2.75) is 39.5 Å². The third kappa shape index (κ3) is 3.11. The summed E-state index contributed by atoms with van der Waals surface area (Å²) >= 11 is 0. The Labute approximate surface area is 81.1 Å². The topological polar surface area (TPSA) is 32.6 Å². The fourth-order valence-corrected chi connectivity index (χ4v) is 2.10. The van der Waals surface area contributed by atoms with Gasteiger partial charge in [0.05, 0.1) is 0 Å².